The molecule has 0 aliphatic rings. The van der Waals surface area contributed by atoms with Crippen molar-refractivity contribution in [3.05, 3.63) is 34.2 Å². The van der Waals surface area contributed by atoms with Gasteiger partial charge in [-0.1, -0.05) is 35.0 Å². The maximum Gasteiger partial charge on any atom is 0.0388 e. The lowest BCUT2D eigenvalue weighted by Crippen LogP contribution is -1.88. The lowest BCUT2D eigenvalue weighted by molar-refractivity contribution is 1.12. The van der Waals surface area contributed by atoms with Gasteiger partial charge in [0, 0.05) is 14.9 Å². The Morgan fingerprint density at radius 2 is 2.14 bits per heavy atom. The van der Waals surface area contributed by atoms with Crippen molar-refractivity contribution in [2.45, 2.75) is 25.6 Å². The van der Waals surface area contributed by atoms with E-state index >= 15 is 0 Å². The Labute approximate surface area is 97.1 Å². The van der Waals surface area contributed by atoms with Gasteiger partial charge in [-0.25, -0.2) is 0 Å². The second kappa shape index (κ2) is 4.03. The predicted molar refractivity (Wildman–Crippen MR) is 68.6 cm³/mol. The van der Waals surface area contributed by atoms with Crippen molar-refractivity contribution in [3.63, 3.8) is 0 Å². The molecule has 0 saturated heterocycles. The highest BCUT2D eigenvalue weighted by molar-refractivity contribution is 9.08. The molecule has 0 fully saturated rings. The summed E-state index contributed by atoms with van der Waals surface area (Å²) in [7, 11) is 0. The Balaban J connectivity index is 2.75. The van der Waals surface area contributed by atoms with Gasteiger partial charge in [0.05, 0.1) is 0 Å². The van der Waals surface area contributed by atoms with E-state index in [2.05, 4.69) is 48.0 Å². The minimum atomic E-state index is 0.966. The second-order valence-corrected chi connectivity index (χ2v) is 5.28. The number of benzene rings is 1. The zero-order valence-corrected chi connectivity index (χ0v) is 10.8. The number of hydrogen-bond donors (Lipinski definition) is 0. The van der Waals surface area contributed by atoms with E-state index < -0.39 is 0 Å². The van der Waals surface area contributed by atoms with E-state index in [1.807, 2.05) is 11.3 Å². The fourth-order valence-electron chi connectivity index (χ4n) is 1.81. The SMILES string of the molecule is CCc1ccc2cc(C)sc2c1CBr. The summed E-state index contributed by atoms with van der Waals surface area (Å²) in [6.07, 6.45) is 1.12. The lowest BCUT2D eigenvalue weighted by Gasteiger charge is -2.05. The zero-order valence-electron chi connectivity index (χ0n) is 8.43. The highest BCUT2D eigenvalue weighted by Gasteiger charge is 2.07. The van der Waals surface area contributed by atoms with Crippen LogP contribution in [0.4, 0.5) is 0 Å². The molecule has 0 nitrogen and oxygen atoms in total. The number of hydrogen-bond acceptors (Lipinski definition) is 1. The Morgan fingerprint density at radius 1 is 1.36 bits per heavy atom. The van der Waals surface area contributed by atoms with Crippen LogP contribution in [0.1, 0.15) is 22.9 Å². The van der Waals surface area contributed by atoms with Gasteiger partial charge in [0.25, 0.3) is 0 Å². The van der Waals surface area contributed by atoms with Crippen LogP contribution in [0.25, 0.3) is 10.1 Å². The molecule has 74 valence electrons. The molecule has 0 N–H and O–H groups in total. The van der Waals surface area contributed by atoms with Crippen LogP contribution >= 0.6 is 27.3 Å². The molecule has 14 heavy (non-hydrogen) atoms. The van der Waals surface area contributed by atoms with Gasteiger partial charge in [0.15, 0.2) is 0 Å². The molecule has 1 aromatic carbocycles. The number of alkyl halides is 1. The monoisotopic (exact) mass is 268 g/mol. The summed E-state index contributed by atoms with van der Waals surface area (Å²) in [4.78, 5) is 1.40. The molecule has 2 rings (SSSR count). The Bertz CT molecular complexity index is 457. The first kappa shape index (κ1) is 10.2. The van der Waals surface area contributed by atoms with Crippen molar-refractivity contribution >= 4 is 37.4 Å². The normalized spacial score (nSPS) is 11.1. The van der Waals surface area contributed by atoms with Gasteiger partial charge in [-0.2, -0.15) is 0 Å². The van der Waals surface area contributed by atoms with Crippen LogP contribution in [0.5, 0.6) is 0 Å². The minimum absolute atomic E-state index is 0.966. The van der Waals surface area contributed by atoms with Gasteiger partial charge in [-0.15, -0.1) is 11.3 Å². The molecule has 0 bridgehead atoms. The molecule has 0 amide bonds. The molecule has 0 unspecified atom stereocenters. The highest BCUT2D eigenvalue weighted by Crippen LogP contribution is 2.32. The molecule has 0 aliphatic heterocycles. The maximum absolute atomic E-state index is 3.59. The number of aryl methyl sites for hydroxylation is 2. The van der Waals surface area contributed by atoms with E-state index in [1.165, 1.54) is 26.1 Å². The van der Waals surface area contributed by atoms with Crippen molar-refractivity contribution in [2.75, 3.05) is 0 Å². The third-order valence-electron chi connectivity index (χ3n) is 2.52. The molecule has 0 spiro atoms. The van der Waals surface area contributed by atoms with Crippen LogP contribution in [0.15, 0.2) is 18.2 Å². The zero-order chi connectivity index (χ0) is 10.1. The summed E-state index contributed by atoms with van der Waals surface area (Å²) in [5, 5.41) is 2.35. The van der Waals surface area contributed by atoms with E-state index in [0.29, 0.717) is 0 Å². The second-order valence-electron chi connectivity index (χ2n) is 3.47. The molecule has 0 aliphatic carbocycles. The maximum atomic E-state index is 3.59. The van der Waals surface area contributed by atoms with Crippen molar-refractivity contribution in [3.8, 4) is 0 Å². The van der Waals surface area contributed by atoms with Gasteiger partial charge >= 0.3 is 0 Å². The van der Waals surface area contributed by atoms with Gasteiger partial charge in [-0.3, -0.25) is 0 Å². The van der Waals surface area contributed by atoms with E-state index in [1.54, 1.807) is 0 Å². The fourth-order valence-corrected chi connectivity index (χ4v) is 3.71. The largest absolute Gasteiger partial charge is 0.140 e. The summed E-state index contributed by atoms with van der Waals surface area (Å²) in [5.41, 5.74) is 2.94. The summed E-state index contributed by atoms with van der Waals surface area (Å²) in [5.74, 6) is 0. The van der Waals surface area contributed by atoms with Crippen molar-refractivity contribution in [2.24, 2.45) is 0 Å². The van der Waals surface area contributed by atoms with Crippen LogP contribution < -0.4 is 0 Å². The van der Waals surface area contributed by atoms with Crippen LogP contribution in [0.3, 0.4) is 0 Å². The first-order valence-corrected chi connectivity index (χ1v) is 6.77. The van der Waals surface area contributed by atoms with Crippen molar-refractivity contribution < 1.29 is 0 Å². The third-order valence-corrected chi connectivity index (χ3v) is 4.21. The van der Waals surface area contributed by atoms with Gasteiger partial charge < -0.3 is 0 Å². The molecular weight excluding hydrogens is 256 g/mol. The molecular formula is C12H13BrS. The predicted octanol–water partition coefficient (Wildman–Crippen LogP) is 4.67. The van der Waals surface area contributed by atoms with Crippen LogP contribution in [-0.2, 0) is 11.8 Å². The Morgan fingerprint density at radius 3 is 2.79 bits per heavy atom. The van der Waals surface area contributed by atoms with Gasteiger partial charge in [-0.05, 0) is 35.9 Å². The highest BCUT2D eigenvalue weighted by atomic mass is 79.9. The van der Waals surface area contributed by atoms with E-state index in [9.17, 15) is 0 Å². The standard InChI is InChI=1S/C12H13BrS/c1-3-9-4-5-10-6-8(2)14-12(10)11(9)7-13/h4-6H,3,7H2,1-2H3. The summed E-state index contributed by atoms with van der Waals surface area (Å²) >= 11 is 5.49. The molecule has 2 heteroatoms. The Hall–Kier alpha value is -0.340. The number of rotatable bonds is 2. The third kappa shape index (κ3) is 1.61. The molecule has 2 aromatic rings. The molecule has 0 saturated carbocycles. The smallest absolute Gasteiger partial charge is 0.0388 e. The number of halogens is 1. The van der Waals surface area contributed by atoms with Crippen molar-refractivity contribution in [1.82, 2.24) is 0 Å². The molecule has 1 heterocycles. The summed E-state index contributed by atoms with van der Waals surface area (Å²) in [6, 6.07) is 6.76. The summed E-state index contributed by atoms with van der Waals surface area (Å²) in [6.45, 7) is 4.39. The molecule has 0 radical (unpaired) electrons. The van der Waals surface area contributed by atoms with E-state index in [4.69, 9.17) is 0 Å². The number of thiophene rings is 1. The van der Waals surface area contributed by atoms with Crippen LogP contribution in [0, 0.1) is 6.92 Å². The first-order valence-electron chi connectivity index (χ1n) is 4.83. The minimum Gasteiger partial charge on any atom is -0.140 e. The molecule has 1 aromatic heterocycles. The molecule has 0 atom stereocenters. The average molecular weight is 269 g/mol. The summed E-state index contributed by atoms with van der Waals surface area (Å²) < 4.78 is 1.46. The van der Waals surface area contributed by atoms with Crippen LogP contribution in [-0.4, -0.2) is 0 Å². The Kier molecular flexibility index (Phi) is 2.93. The quantitative estimate of drug-likeness (QED) is 0.695. The van der Waals surface area contributed by atoms with Gasteiger partial charge in [0.2, 0.25) is 0 Å². The topological polar surface area (TPSA) is 0 Å². The van der Waals surface area contributed by atoms with Gasteiger partial charge in [0.1, 0.15) is 0 Å². The number of fused-ring (bicyclic) bond motifs is 1. The first-order chi connectivity index (χ1) is 6.76. The van der Waals surface area contributed by atoms with Crippen LogP contribution in [0.2, 0.25) is 0 Å². The lowest BCUT2D eigenvalue weighted by atomic mass is 10.0. The van der Waals surface area contributed by atoms with E-state index in [-0.39, 0.29) is 0 Å². The van der Waals surface area contributed by atoms with E-state index in [0.717, 1.165) is 11.8 Å². The average Bonchev–Trinajstić information content (AvgIpc) is 2.56. The fraction of sp³-hybridized carbons (Fsp3) is 0.333. The van der Waals surface area contributed by atoms with Crippen molar-refractivity contribution in [1.29, 1.82) is 0 Å².